The molecule has 0 bridgehead atoms. The molecule has 0 fully saturated rings. The number of aromatic amines is 1. The second-order valence-corrected chi connectivity index (χ2v) is 2.21. The number of carboxylic acid groups (broad SMARTS) is 1. The van der Waals surface area contributed by atoms with Crippen molar-refractivity contribution >= 4 is 5.97 Å². The number of aliphatic hydroxyl groups excluding tert-OH is 2. The Labute approximate surface area is 67.5 Å². The smallest absolute Gasteiger partial charge is 0.356 e. The van der Waals surface area contributed by atoms with Crippen molar-refractivity contribution < 1.29 is 20.1 Å². The van der Waals surface area contributed by atoms with Gasteiger partial charge in [0.25, 0.3) is 0 Å². The number of aliphatic hydroxyl groups is 2. The average Bonchev–Trinajstić information content (AvgIpc) is 2.51. The van der Waals surface area contributed by atoms with Gasteiger partial charge in [0.15, 0.2) is 5.69 Å². The van der Waals surface area contributed by atoms with Gasteiger partial charge in [0.1, 0.15) is 6.10 Å². The fourth-order valence-electron chi connectivity index (χ4n) is 0.715. The van der Waals surface area contributed by atoms with E-state index in [0.29, 0.717) is 0 Å². The van der Waals surface area contributed by atoms with Gasteiger partial charge in [-0.15, -0.1) is 0 Å². The van der Waals surface area contributed by atoms with Gasteiger partial charge in [-0.2, -0.15) is 5.10 Å². The van der Waals surface area contributed by atoms with Gasteiger partial charge in [-0.1, -0.05) is 0 Å². The molecule has 0 aromatic carbocycles. The molecule has 0 saturated carbocycles. The summed E-state index contributed by atoms with van der Waals surface area (Å²) in [5.41, 5.74) is 0.00685. The Bertz CT molecular complexity index is 283. The fraction of sp³-hybridized carbons (Fsp3) is 0.333. The fourth-order valence-corrected chi connectivity index (χ4v) is 0.715. The highest BCUT2D eigenvalue weighted by Gasteiger charge is 2.12. The topological polar surface area (TPSA) is 106 Å². The quantitative estimate of drug-likeness (QED) is 0.474. The second kappa shape index (κ2) is 3.33. The van der Waals surface area contributed by atoms with Crippen LogP contribution in [0.2, 0.25) is 0 Å². The minimum atomic E-state index is -1.18. The Kier molecular flexibility index (Phi) is 2.41. The lowest BCUT2D eigenvalue weighted by molar-refractivity contribution is 0.0690. The van der Waals surface area contributed by atoms with E-state index in [1.807, 2.05) is 0 Å². The molecule has 0 saturated heterocycles. The molecule has 0 spiro atoms. The first kappa shape index (κ1) is 8.69. The molecule has 0 aliphatic carbocycles. The molecule has 0 aliphatic heterocycles. The predicted octanol–water partition coefficient (Wildman–Crippen LogP) is -0.866. The standard InChI is InChI=1S/C6H8N2O4/c9-2-5(10)3-1-4(6(11)12)8-7-3/h1,5,9-10H,2H2,(H,7,8)(H,11,12). The van der Waals surface area contributed by atoms with Gasteiger partial charge in [0.05, 0.1) is 12.3 Å². The number of H-pyrrole nitrogens is 1. The van der Waals surface area contributed by atoms with E-state index in [2.05, 4.69) is 10.2 Å². The van der Waals surface area contributed by atoms with Crippen LogP contribution in [0.25, 0.3) is 0 Å². The van der Waals surface area contributed by atoms with E-state index in [1.54, 1.807) is 0 Å². The van der Waals surface area contributed by atoms with Crippen molar-refractivity contribution in [2.75, 3.05) is 6.61 Å². The molecule has 1 heterocycles. The zero-order valence-electron chi connectivity index (χ0n) is 6.06. The van der Waals surface area contributed by atoms with Gasteiger partial charge < -0.3 is 15.3 Å². The normalized spacial score (nSPS) is 12.8. The minimum Gasteiger partial charge on any atom is -0.476 e. The maximum atomic E-state index is 10.3. The van der Waals surface area contributed by atoms with Gasteiger partial charge >= 0.3 is 5.97 Å². The van der Waals surface area contributed by atoms with Crippen LogP contribution in [-0.2, 0) is 0 Å². The van der Waals surface area contributed by atoms with E-state index in [1.165, 1.54) is 6.07 Å². The molecule has 1 atom stereocenters. The van der Waals surface area contributed by atoms with Gasteiger partial charge in [0, 0.05) is 0 Å². The first-order valence-electron chi connectivity index (χ1n) is 3.22. The van der Waals surface area contributed by atoms with Crippen molar-refractivity contribution in [1.29, 1.82) is 0 Å². The minimum absolute atomic E-state index is 0.183. The largest absolute Gasteiger partial charge is 0.476 e. The van der Waals surface area contributed by atoms with Crippen LogP contribution in [0, 0.1) is 0 Å². The SMILES string of the molecule is O=C(O)c1cc(C(O)CO)[nH]n1. The molecule has 66 valence electrons. The summed E-state index contributed by atoms with van der Waals surface area (Å²) in [5.74, 6) is -1.18. The summed E-state index contributed by atoms with van der Waals surface area (Å²) in [6.45, 7) is -0.471. The number of carboxylic acids is 1. The lowest BCUT2D eigenvalue weighted by atomic mass is 10.2. The van der Waals surface area contributed by atoms with Crippen molar-refractivity contribution in [3.8, 4) is 0 Å². The molecule has 4 N–H and O–H groups in total. The first-order chi connectivity index (χ1) is 5.65. The Balaban J connectivity index is 2.84. The summed E-state index contributed by atoms with van der Waals surface area (Å²) in [4.78, 5) is 10.3. The Hall–Kier alpha value is -1.40. The average molecular weight is 172 g/mol. The number of rotatable bonds is 3. The van der Waals surface area contributed by atoms with Crippen LogP contribution in [0.1, 0.15) is 22.3 Å². The molecule has 6 heteroatoms. The molecular weight excluding hydrogens is 164 g/mol. The molecule has 1 unspecified atom stereocenters. The van der Waals surface area contributed by atoms with Crippen LogP contribution < -0.4 is 0 Å². The van der Waals surface area contributed by atoms with E-state index < -0.39 is 18.7 Å². The molecule has 1 aromatic rings. The number of nitrogens with zero attached hydrogens (tertiary/aromatic N) is 1. The zero-order chi connectivity index (χ0) is 9.14. The number of carbonyl (C=O) groups is 1. The maximum absolute atomic E-state index is 10.3. The first-order valence-corrected chi connectivity index (χ1v) is 3.22. The number of aromatic nitrogens is 2. The van der Waals surface area contributed by atoms with Crippen molar-refractivity contribution in [3.63, 3.8) is 0 Å². The third-order valence-electron chi connectivity index (χ3n) is 1.35. The molecule has 0 amide bonds. The Morgan fingerprint density at radius 3 is 2.83 bits per heavy atom. The molecule has 1 aromatic heterocycles. The van der Waals surface area contributed by atoms with E-state index >= 15 is 0 Å². The lowest BCUT2D eigenvalue weighted by Crippen LogP contribution is -2.02. The van der Waals surface area contributed by atoms with Gasteiger partial charge in [-0.05, 0) is 6.07 Å². The van der Waals surface area contributed by atoms with Gasteiger partial charge in [0.2, 0.25) is 0 Å². The van der Waals surface area contributed by atoms with Crippen LogP contribution in [-0.4, -0.2) is 38.1 Å². The van der Waals surface area contributed by atoms with Gasteiger partial charge in [-0.25, -0.2) is 4.79 Å². The summed E-state index contributed by atoms with van der Waals surface area (Å²) in [7, 11) is 0. The Morgan fingerprint density at radius 2 is 2.42 bits per heavy atom. The van der Waals surface area contributed by atoms with Crippen molar-refractivity contribution in [3.05, 3.63) is 17.5 Å². The summed E-state index contributed by atoms with van der Waals surface area (Å²) in [5, 5.41) is 31.6. The monoisotopic (exact) mass is 172 g/mol. The molecule has 0 radical (unpaired) electrons. The third kappa shape index (κ3) is 1.60. The van der Waals surface area contributed by atoms with Crippen molar-refractivity contribution in [2.45, 2.75) is 6.10 Å². The van der Waals surface area contributed by atoms with Crippen LogP contribution >= 0.6 is 0 Å². The highest BCUT2D eigenvalue weighted by atomic mass is 16.4. The Morgan fingerprint density at radius 1 is 1.75 bits per heavy atom. The predicted molar refractivity (Wildman–Crippen MR) is 37.6 cm³/mol. The van der Waals surface area contributed by atoms with E-state index in [-0.39, 0.29) is 11.4 Å². The second-order valence-electron chi connectivity index (χ2n) is 2.21. The summed E-state index contributed by atoms with van der Waals surface area (Å²) in [6.07, 6.45) is -1.11. The molecule has 0 aliphatic rings. The third-order valence-corrected chi connectivity index (χ3v) is 1.35. The van der Waals surface area contributed by atoms with E-state index in [0.717, 1.165) is 0 Å². The maximum Gasteiger partial charge on any atom is 0.356 e. The molecule has 1 rings (SSSR count). The number of hydrogen-bond acceptors (Lipinski definition) is 4. The highest BCUT2D eigenvalue weighted by molar-refractivity contribution is 5.85. The van der Waals surface area contributed by atoms with Crippen LogP contribution in [0.3, 0.4) is 0 Å². The van der Waals surface area contributed by atoms with Crippen LogP contribution in [0.15, 0.2) is 6.07 Å². The van der Waals surface area contributed by atoms with Crippen molar-refractivity contribution in [2.24, 2.45) is 0 Å². The van der Waals surface area contributed by atoms with Crippen molar-refractivity contribution in [1.82, 2.24) is 10.2 Å². The lowest BCUT2D eigenvalue weighted by Gasteiger charge is -2.00. The van der Waals surface area contributed by atoms with Crippen LogP contribution in [0.4, 0.5) is 0 Å². The number of aromatic carboxylic acids is 1. The molecule has 6 nitrogen and oxygen atoms in total. The summed E-state index contributed by atoms with van der Waals surface area (Å²) < 4.78 is 0. The molecular formula is C6H8N2O4. The van der Waals surface area contributed by atoms with E-state index in [4.69, 9.17) is 15.3 Å². The summed E-state index contributed by atoms with van der Waals surface area (Å²) in [6, 6.07) is 1.17. The summed E-state index contributed by atoms with van der Waals surface area (Å²) >= 11 is 0. The zero-order valence-corrected chi connectivity index (χ0v) is 6.06. The van der Waals surface area contributed by atoms with Crippen LogP contribution in [0.5, 0.6) is 0 Å². The number of hydrogen-bond donors (Lipinski definition) is 4. The van der Waals surface area contributed by atoms with E-state index in [9.17, 15) is 4.79 Å². The number of nitrogens with one attached hydrogen (secondary N) is 1. The van der Waals surface area contributed by atoms with Gasteiger partial charge in [-0.3, -0.25) is 5.10 Å². The molecule has 12 heavy (non-hydrogen) atoms. The highest BCUT2D eigenvalue weighted by Crippen LogP contribution is 2.09.